The van der Waals surface area contributed by atoms with Gasteiger partial charge in [-0.1, -0.05) is 0 Å². The van der Waals surface area contributed by atoms with E-state index in [1.54, 1.807) is 13.1 Å². The van der Waals surface area contributed by atoms with Crippen LogP contribution < -0.4 is 5.43 Å². The molecule has 1 aliphatic heterocycles. The number of unbranched alkanes of at least 4 members (excludes halogenated alkanes) is 1. The van der Waals surface area contributed by atoms with E-state index in [4.69, 9.17) is 0 Å². The molecule has 0 atom stereocenters. The summed E-state index contributed by atoms with van der Waals surface area (Å²) in [6.45, 7) is 6.33. The summed E-state index contributed by atoms with van der Waals surface area (Å²) in [5.41, 5.74) is 0.379. The summed E-state index contributed by atoms with van der Waals surface area (Å²) < 4.78 is 1.96. The molecule has 0 aromatic carbocycles. The quantitative estimate of drug-likeness (QED) is 0.810. The van der Waals surface area contributed by atoms with Gasteiger partial charge < -0.3 is 14.6 Å². The van der Waals surface area contributed by atoms with Crippen molar-refractivity contribution in [3.8, 4) is 5.75 Å². The van der Waals surface area contributed by atoms with E-state index in [-0.39, 0.29) is 11.2 Å². The van der Waals surface area contributed by atoms with E-state index in [0.29, 0.717) is 5.69 Å². The van der Waals surface area contributed by atoms with Crippen LogP contribution in [0.5, 0.6) is 5.75 Å². The average Bonchev–Trinajstić information content (AvgIpc) is 2.87. The van der Waals surface area contributed by atoms with Crippen LogP contribution in [-0.4, -0.2) is 34.2 Å². The Kier molecular flexibility index (Phi) is 4.42. The largest absolute Gasteiger partial charge is 0.503 e. The van der Waals surface area contributed by atoms with Gasteiger partial charge in [0, 0.05) is 18.8 Å². The van der Waals surface area contributed by atoms with E-state index in [9.17, 15) is 9.90 Å². The van der Waals surface area contributed by atoms with Crippen molar-refractivity contribution in [3.05, 3.63) is 28.2 Å². The summed E-state index contributed by atoms with van der Waals surface area (Å²) in [6.07, 6.45) is 6.71. The zero-order valence-electron chi connectivity index (χ0n) is 11.1. The van der Waals surface area contributed by atoms with Crippen molar-refractivity contribution in [3.63, 3.8) is 0 Å². The lowest BCUT2D eigenvalue weighted by Crippen LogP contribution is -2.20. The molecule has 0 radical (unpaired) electrons. The predicted molar refractivity (Wildman–Crippen MR) is 72.0 cm³/mol. The highest BCUT2D eigenvalue weighted by Crippen LogP contribution is 2.12. The van der Waals surface area contributed by atoms with Crippen molar-refractivity contribution in [2.45, 2.75) is 39.2 Å². The topological polar surface area (TPSA) is 45.5 Å². The summed E-state index contributed by atoms with van der Waals surface area (Å²) in [5, 5.41) is 9.57. The molecule has 1 fully saturated rings. The Balaban J connectivity index is 1.79. The molecule has 0 amide bonds. The summed E-state index contributed by atoms with van der Waals surface area (Å²) in [7, 11) is 0. The number of hydrogen-bond donors (Lipinski definition) is 1. The molecule has 4 nitrogen and oxygen atoms in total. The van der Waals surface area contributed by atoms with E-state index in [1.807, 2.05) is 4.57 Å². The van der Waals surface area contributed by atoms with Crippen LogP contribution in [0.1, 0.15) is 31.4 Å². The van der Waals surface area contributed by atoms with Crippen molar-refractivity contribution in [2.75, 3.05) is 19.6 Å². The number of nitrogens with zero attached hydrogens (tertiary/aromatic N) is 2. The number of likely N-dealkylation sites (tertiary alicyclic amines) is 1. The van der Waals surface area contributed by atoms with Gasteiger partial charge >= 0.3 is 0 Å². The minimum atomic E-state index is -0.291. The molecule has 1 aromatic heterocycles. The molecule has 0 aliphatic carbocycles. The minimum absolute atomic E-state index is 0.114. The fraction of sp³-hybridized carbons (Fsp3) is 0.643. The lowest BCUT2D eigenvalue weighted by Gasteiger charge is -2.15. The Bertz CT molecular complexity index is 448. The molecule has 4 heteroatoms. The van der Waals surface area contributed by atoms with Gasteiger partial charge in [0.1, 0.15) is 0 Å². The van der Waals surface area contributed by atoms with Crippen LogP contribution >= 0.6 is 0 Å². The number of aryl methyl sites for hydroxylation is 1. The minimum Gasteiger partial charge on any atom is -0.503 e. The fourth-order valence-electron chi connectivity index (χ4n) is 2.53. The van der Waals surface area contributed by atoms with Gasteiger partial charge in [-0.25, -0.2) is 0 Å². The van der Waals surface area contributed by atoms with Gasteiger partial charge in [-0.05, 0) is 52.2 Å². The fourth-order valence-corrected chi connectivity index (χ4v) is 2.53. The maximum Gasteiger partial charge on any atom is 0.223 e. The molecule has 18 heavy (non-hydrogen) atoms. The molecular weight excluding hydrogens is 228 g/mol. The van der Waals surface area contributed by atoms with Gasteiger partial charge in [0.05, 0.1) is 5.69 Å². The number of aromatic hydroxyl groups is 1. The van der Waals surface area contributed by atoms with Gasteiger partial charge in [-0.15, -0.1) is 0 Å². The van der Waals surface area contributed by atoms with Crippen molar-refractivity contribution < 1.29 is 5.11 Å². The van der Waals surface area contributed by atoms with Crippen molar-refractivity contribution >= 4 is 0 Å². The van der Waals surface area contributed by atoms with Crippen LogP contribution in [0.25, 0.3) is 0 Å². The molecule has 0 spiro atoms. The SMILES string of the molecule is Cc1c(O)c(=O)ccn1CCCCN1CCCC1. The normalized spacial score (nSPS) is 16.3. The van der Waals surface area contributed by atoms with Crippen LogP contribution in [0.15, 0.2) is 17.1 Å². The third-order valence-corrected chi connectivity index (χ3v) is 3.73. The number of pyridine rings is 1. The molecule has 0 bridgehead atoms. The van der Waals surface area contributed by atoms with Crippen molar-refractivity contribution in [1.82, 2.24) is 9.47 Å². The first kappa shape index (κ1) is 13.1. The lowest BCUT2D eigenvalue weighted by molar-refractivity contribution is 0.326. The highest BCUT2D eigenvalue weighted by Gasteiger charge is 2.10. The Morgan fingerprint density at radius 2 is 1.89 bits per heavy atom. The van der Waals surface area contributed by atoms with Gasteiger partial charge in [-0.2, -0.15) is 0 Å². The van der Waals surface area contributed by atoms with Crippen LogP contribution in [0.2, 0.25) is 0 Å². The molecule has 1 aliphatic rings. The predicted octanol–water partition coefficient (Wildman–Crippen LogP) is 1.74. The molecule has 2 rings (SSSR count). The van der Waals surface area contributed by atoms with Gasteiger partial charge in [0.15, 0.2) is 5.75 Å². The standard InChI is InChI=1S/C14H22N2O2/c1-12-14(18)13(17)6-11-16(12)10-5-4-9-15-7-2-3-8-15/h6,11,18H,2-5,7-10H2,1H3. The van der Waals surface area contributed by atoms with E-state index >= 15 is 0 Å². The average molecular weight is 250 g/mol. The lowest BCUT2D eigenvalue weighted by atomic mass is 10.2. The smallest absolute Gasteiger partial charge is 0.223 e. The van der Waals surface area contributed by atoms with E-state index < -0.39 is 0 Å². The Labute approximate surface area is 108 Å². The number of hydrogen-bond acceptors (Lipinski definition) is 3. The highest BCUT2D eigenvalue weighted by atomic mass is 16.3. The Hall–Kier alpha value is -1.29. The van der Waals surface area contributed by atoms with Crippen molar-refractivity contribution in [1.29, 1.82) is 0 Å². The van der Waals surface area contributed by atoms with E-state index in [2.05, 4.69) is 4.90 Å². The van der Waals surface area contributed by atoms with E-state index in [1.165, 1.54) is 45.0 Å². The molecule has 0 saturated carbocycles. The maximum atomic E-state index is 11.2. The first-order chi connectivity index (χ1) is 8.68. The maximum absolute atomic E-state index is 11.2. The summed E-state index contributed by atoms with van der Waals surface area (Å²) in [4.78, 5) is 13.7. The summed E-state index contributed by atoms with van der Waals surface area (Å²) in [6, 6.07) is 1.43. The second-order valence-electron chi connectivity index (χ2n) is 5.06. The van der Waals surface area contributed by atoms with Crippen molar-refractivity contribution in [2.24, 2.45) is 0 Å². The molecule has 100 valence electrons. The van der Waals surface area contributed by atoms with E-state index in [0.717, 1.165) is 13.0 Å². The third-order valence-electron chi connectivity index (χ3n) is 3.73. The second-order valence-corrected chi connectivity index (χ2v) is 5.06. The first-order valence-corrected chi connectivity index (χ1v) is 6.80. The summed E-state index contributed by atoms with van der Waals surface area (Å²) >= 11 is 0. The third kappa shape index (κ3) is 3.13. The molecule has 1 saturated heterocycles. The number of aromatic nitrogens is 1. The van der Waals surface area contributed by atoms with Crippen LogP contribution in [0, 0.1) is 6.92 Å². The second kappa shape index (κ2) is 6.05. The number of rotatable bonds is 5. The Morgan fingerprint density at radius 3 is 2.61 bits per heavy atom. The van der Waals surface area contributed by atoms with Crippen LogP contribution in [0.4, 0.5) is 0 Å². The summed E-state index contributed by atoms with van der Waals surface area (Å²) in [5.74, 6) is -0.114. The molecular formula is C14H22N2O2. The molecule has 1 N–H and O–H groups in total. The molecule has 2 heterocycles. The zero-order valence-corrected chi connectivity index (χ0v) is 11.1. The molecule has 0 unspecified atom stereocenters. The van der Waals surface area contributed by atoms with Crippen LogP contribution in [-0.2, 0) is 6.54 Å². The molecule has 1 aromatic rings. The van der Waals surface area contributed by atoms with Gasteiger partial charge in [-0.3, -0.25) is 4.79 Å². The monoisotopic (exact) mass is 250 g/mol. The van der Waals surface area contributed by atoms with Gasteiger partial charge in [0.2, 0.25) is 5.43 Å². The highest BCUT2D eigenvalue weighted by molar-refractivity contribution is 5.25. The zero-order chi connectivity index (χ0) is 13.0. The Morgan fingerprint density at radius 1 is 1.22 bits per heavy atom. The van der Waals surface area contributed by atoms with Gasteiger partial charge in [0.25, 0.3) is 0 Å². The van der Waals surface area contributed by atoms with Crippen LogP contribution in [0.3, 0.4) is 0 Å². The first-order valence-electron chi connectivity index (χ1n) is 6.80.